The Morgan fingerprint density at radius 3 is 2.85 bits per heavy atom. The standard InChI is InChI=1S/C24H27N5O4S/c1-27(2)11-12-29-17-13-15(7-8-18(17)33-24(29)32)26-20(30)9-10-28-14-25-22-21(23(28)31)16-5-3-4-6-19(16)34-22/h7-8,13-14H,3-6,9-12H2,1-2H3,(H,26,30). The molecule has 0 saturated carbocycles. The number of rotatable bonds is 7. The Hall–Kier alpha value is -3.24. The number of carbonyl (C=O) groups excluding carboxylic acids is 1. The Morgan fingerprint density at radius 2 is 2.03 bits per heavy atom. The van der Waals surface area contributed by atoms with Gasteiger partial charge in [0.1, 0.15) is 4.83 Å². The highest BCUT2D eigenvalue weighted by atomic mass is 32.1. The van der Waals surface area contributed by atoms with Crippen LogP contribution in [0, 0.1) is 0 Å². The smallest absolute Gasteiger partial charge is 0.408 e. The van der Waals surface area contributed by atoms with Gasteiger partial charge in [-0.25, -0.2) is 9.78 Å². The highest BCUT2D eigenvalue weighted by molar-refractivity contribution is 7.18. The summed E-state index contributed by atoms with van der Waals surface area (Å²) in [5.74, 6) is -0.636. The largest absolute Gasteiger partial charge is 0.419 e. The van der Waals surface area contributed by atoms with Crippen LogP contribution >= 0.6 is 11.3 Å². The van der Waals surface area contributed by atoms with Crippen molar-refractivity contribution in [3.63, 3.8) is 0 Å². The number of anilines is 1. The van der Waals surface area contributed by atoms with E-state index in [9.17, 15) is 14.4 Å². The van der Waals surface area contributed by atoms with Gasteiger partial charge in [0.05, 0.1) is 17.2 Å². The van der Waals surface area contributed by atoms with Gasteiger partial charge >= 0.3 is 5.76 Å². The van der Waals surface area contributed by atoms with E-state index in [2.05, 4.69) is 10.3 Å². The topological polar surface area (TPSA) is 102 Å². The maximum absolute atomic E-state index is 13.1. The first kappa shape index (κ1) is 22.5. The minimum absolute atomic E-state index is 0.0677. The molecule has 0 bridgehead atoms. The van der Waals surface area contributed by atoms with E-state index in [0.717, 1.165) is 41.5 Å². The Morgan fingerprint density at radius 1 is 1.21 bits per heavy atom. The second kappa shape index (κ2) is 9.19. The number of oxazole rings is 1. The molecular weight excluding hydrogens is 454 g/mol. The molecule has 0 atom stereocenters. The van der Waals surface area contributed by atoms with Gasteiger partial charge in [0.25, 0.3) is 5.56 Å². The van der Waals surface area contributed by atoms with E-state index in [-0.39, 0.29) is 24.4 Å². The molecular formula is C24H27N5O4S. The van der Waals surface area contributed by atoms with E-state index < -0.39 is 5.76 Å². The van der Waals surface area contributed by atoms with Gasteiger partial charge in [-0.15, -0.1) is 11.3 Å². The molecule has 5 rings (SSSR count). The fourth-order valence-corrected chi connectivity index (χ4v) is 5.66. The fourth-order valence-electron chi connectivity index (χ4n) is 4.44. The summed E-state index contributed by atoms with van der Waals surface area (Å²) in [5.41, 5.74) is 2.77. The third-order valence-electron chi connectivity index (χ3n) is 6.24. The molecule has 10 heteroatoms. The number of likely N-dealkylation sites (N-methyl/N-ethyl adjacent to an activating group) is 1. The van der Waals surface area contributed by atoms with Gasteiger partial charge in [0, 0.05) is 36.6 Å². The molecule has 9 nitrogen and oxygen atoms in total. The molecule has 0 fully saturated rings. The minimum Gasteiger partial charge on any atom is -0.408 e. The van der Waals surface area contributed by atoms with Crippen LogP contribution in [0.5, 0.6) is 0 Å². The number of carbonyl (C=O) groups is 1. The van der Waals surface area contributed by atoms with E-state index in [1.54, 1.807) is 40.4 Å². The summed E-state index contributed by atoms with van der Waals surface area (Å²) in [6.45, 7) is 1.42. The molecule has 34 heavy (non-hydrogen) atoms. The zero-order valence-electron chi connectivity index (χ0n) is 19.3. The van der Waals surface area contributed by atoms with Gasteiger partial charge in [-0.3, -0.25) is 18.7 Å². The number of aromatic nitrogens is 3. The van der Waals surface area contributed by atoms with Gasteiger partial charge < -0.3 is 14.6 Å². The second-order valence-corrected chi connectivity index (χ2v) is 10.0. The van der Waals surface area contributed by atoms with Crippen LogP contribution < -0.4 is 16.6 Å². The molecule has 4 aromatic rings. The summed E-state index contributed by atoms with van der Waals surface area (Å²) in [4.78, 5) is 46.5. The molecule has 0 spiro atoms. The Bertz CT molecular complexity index is 1490. The Kier molecular flexibility index (Phi) is 6.09. The van der Waals surface area contributed by atoms with Gasteiger partial charge in [-0.2, -0.15) is 0 Å². The first-order valence-electron chi connectivity index (χ1n) is 11.5. The summed E-state index contributed by atoms with van der Waals surface area (Å²) in [5, 5.41) is 3.59. The molecule has 1 aliphatic carbocycles. The number of thiophene rings is 1. The van der Waals surface area contributed by atoms with Crippen LogP contribution in [0.3, 0.4) is 0 Å². The summed E-state index contributed by atoms with van der Waals surface area (Å²) in [6, 6.07) is 5.13. The van der Waals surface area contributed by atoms with Crippen LogP contribution in [0.4, 0.5) is 5.69 Å². The molecule has 0 saturated heterocycles. The summed E-state index contributed by atoms with van der Waals surface area (Å²) >= 11 is 1.62. The predicted octanol–water partition coefficient (Wildman–Crippen LogP) is 2.84. The van der Waals surface area contributed by atoms with Crippen molar-refractivity contribution in [2.24, 2.45) is 0 Å². The van der Waals surface area contributed by atoms with Crippen molar-refractivity contribution >= 4 is 44.2 Å². The first-order valence-corrected chi connectivity index (χ1v) is 12.3. The molecule has 3 aromatic heterocycles. The van der Waals surface area contributed by atoms with E-state index in [1.807, 2.05) is 19.0 Å². The average Bonchev–Trinajstić information content (AvgIpc) is 3.34. The van der Waals surface area contributed by atoms with Gasteiger partial charge in [-0.05, 0) is 63.5 Å². The van der Waals surface area contributed by atoms with Crippen LogP contribution in [0.2, 0.25) is 0 Å². The molecule has 1 N–H and O–H groups in total. The number of fused-ring (bicyclic) bond motifs is 4. The van der Waals surface area contributed by atoms with E-state index in [0.29, 0.717) is 29.9 Å². The van der Waals surface area contributed by atoms with E-state index >= 15 is 0 Å². The number of benzene rings is 1. The lowest BCUT2D eigenvalue weighted by atomic mass is 9.97. The zero-order chi connectivity index (χ0) is 23.8. The van der Waals surface area contributed by atoms with Crippen LogP contribution in [-0.2, 0) is 30.7 Å². The molecule has 0 unspecified atom stereocenters. The summed E-state index contributed by atoms with van der Waals surface area (Å²) in [6.07, 6.45) is 5.87. The average molecular weight is 482 g/mol. The van der Waals surface area contributed by atoms with Crippen molar-refractivity contribution in [2.45, 2.75) is 45.2 Å². The lowest BCUT2D eigenvalue weighted by Crippen LogP contribution is -2.24. The Labute approximate surface area is 199 Å². The molecule has 3 heterocycles. The van der Waals surface area contributed by atoms with E-state index in [4.69, 9.17) is 4.42 Å². The van der Waals surface area contributed by atoms with Gasteiger partial charge in [-0.1, -0.05) is 0 Å². The van der Waals surface area contributed by atoms with Crippen molar-refractivity contribution in [1.29, 1.82) is 0 Å². The monoisotopic (exact) mass is 481 g/mol. The number of hydrogen-bond donors (Lipinski definition) is 1. The van der Waals surface area contributed by atoms with Gasteiger partial charge in [0.15, 0.2) is 5.58 Å². The molecule has 1 aromatic carbocycles. The number of nitrogens with zero attached hydrogens (tertiary/aromatic N) is 4. The Balaban J connectivity index is 1.30. The van der Waals surface area contributed by atoms with Crippen molar-refractivity contribution < 1.29 is 9.21 Å². The fraction of sp³-hybridized carbons (Fsp3) is 0.417. The van der Waals surface area contributed by atoms with Crippen LogP contribution in [0.25, 0.3) is 21.3 Å². The molecule has 178 valence electrons. The molecule has 1 amide bonds. The molecule has 0 aliphatic heterocycles. The third kappa shape index (κ3) is 4.30. The lowest BCUT2D eigenvalue weighted by molar-refractivity contribution is -0.116. The van der Waals surface area contributed by atoms with Gasteiger partial charge in [0.2, 0.25) is 5.91 Å². The number of amides is 1. The van der Waals surface area contributed by atoms with Crippen molar-refractivity contribution in [3.05, 3.63) is 55.9 Å². The summed E-state index contributed by atoms with van der Waals surface area (Å²) in [7, 11) is 3.87. The first-order chi connectivity index (χ1) is 16.4. The third-order valence-corrected chi connectivity index (χ3v) is 7.44. The minimum atomic E-state index is -0.418. The van der Waals surface area contributed by atoms with Crippen LogP contribution in [0.1, 0.15) is 29.7 Å². The molecule has 0 radical (unpaired) electrons. The zero-order valence-corrected chi connectivity index (χ0v) is 20.1. The van der Waals surface area contributed by atoms with Crippen LogP contribution in [0.15, 0.2) is 38.5 Å². The summed E-state index contributed by atoms with van der Waals surface area (Å²) < 4.78 is 8.40. The highest BCUT2D eigenvalue weighted by Crippen LogP contribution is 2.33. The maximum Gasteiger partial charge on any atom is 0.419 e. The van der Waals surface area contributed by atoms with Crippen LogP contribution in [-0.4, -0.2) is 45.6 Å². The normalized spacial score (nSPS) is 13.6. The lowest BCUT2D eigenvalue weighted by Gasteiger charge is -2.11. The second-order valence-electron chi connectivity index (χ2n) is 8.94. The quantitative estimate of drug-likeness (QED) is 0.436. The van der Waals surface area contributed by atoms with Crippen molar-refractivity contribution in [2.75, 3.05) is 26.0 Å². The maximum atomic E-state index is 13.1. The van der Waals surface area contributed by atoms with Crippen molar-refractivity contribution in [3.8, 4) is 0 Å². The van der Waals surface area contributed by atoms with Crippen molar-refractivity contribution in [1.82, 2.24) is 19.0 Å². The predicted molar refractivity (Wildman–Crippen MR) is 133 cm³/mol. The highest BCUT2D eigenvalue weighted by Gasteiger charge is 2.20. The number of hydrogen-bond acceptors (Lipinski definition) is 7. The number of nitrogens with one attached hydrogen (secondary N) is 1. The SMILES string of the molecule is CN(C)CCn1c(=O)oc2ccc(NC(=O)CCn3cnc4sc5c(c4c3=O)CCCC5)cc21. The number of aryl methyl sites for hydroxylation is 3. The van der Waals surface area contributed by atoms with E-state index in [1.165, 1.54) is 9.44 Å². The molecule has 1 aliphatic rings.